The van der Waals surface area contributed by atoms with E-state index in [0.29, 0.717) is 0 Å². The summed E-state index contributed by atoms with van der Waals surface area (Å²) in [7, 11) is 0. The van der Waals surface area contributed by atoms with E-state index < -0.39 is 0 Å². The number of hydrogen-bond acceptors (Lipinski definition) is 0. The molecule has 68 valence electrons. The summed E-state index contributed by atoms with van der Waals surface area (Å²) >= 11 is 0. The van der Waals surface area contributed by atoms with Crippen LogP contribution >= 0.6 is 0 Å². The van der Waals surface area contributed by atoms with Crippen LogP contribution in [0.3, 0.4) is 0 Å². The highest BCUT2D eigenvalue weighted by atomic mass is 14.0. The molecule has 0 saturated heterocycles. The van der Waals surface area contributed by atoms with Gasteiger partial charge in [0.25, 0.3) is 0 Å². The van der Waals surface area contributed by atoms with Gasteiger partial charge in [0.2, 0.25) is 0 Å². The standard InChI is InChI=1S/C10H14.C2H6/c1-4-10-7-8(2)5-6-9(10)3;1-2/h5-7H,4H2,1-3H3;1-2H3. The van der Waals surface area contributed by atoms with E-state index in [1.165, 1.54) is 16.7 Å². The molecule has 0 aliphatic rings. The summed E-state index contributed by atoms with van der Waals surface area (Å²) in [6.07, 6.45) is 1.15. The van der Waals surface area contributed by atoms with E-state index in [1.807, 2.05) is 13.8 Å². The van der Waals surface area contributed by atoms with Gasteiger partial charge in [-0.05, 0) is 31.4 Å². The highest BCUT2D eigenvalue weighted by molar-refractivity contribution is 5.30. The summed E-state index contributed by atoms with van der Waals surface area (Å²) in [6.45, 7) is 10.5. The van der Waals surface area contributed by atoms with Crippen LogP contribution < -0.4 is 0 Å². The zero-order chi connectivity index (χ0) is 9.56. The minimum Gasteiger partial charge on any atom is -0.0683 e. The molecule has 1 aromatic rings. The molecule has 0 atom stereocenters. The van der Waals surface area contributed by atoms with Gasteiger partial charge in [0.1, 0.15) is 0 Å². The molecule has 12 heavy (non-hydrogen) atoms. The highest BCUT2D eigenvalue weighted by Crippen LogP contribution is 2.10. The molecule has 0 saturated carbocycles. The molecule has 1 aromatic carbocycles. The largest absolute Gasteiger partial charge is 0.0683 e. The van der Waals surface area contributed by atoms with E-state index in [-0.39, 0.29) is 0 Å². The van der Waals surface area contributed by atoms with Gasteiger partial charge in [0, 0.05) is 0 Å². The van der Waals surface area contributed by atoms with E-state index in [9.17, 15) is 0 Å². The van der Waals surface area contributed by atoms with Crippen molar-refractivity contribution >= 4 is 0 Å². The molecule has 0 radical (unpaired) electrons. The van der Waals surface area contributed by atoms with Gasteiger partial charge in [0.15, 0.2) is 0 Å². The first-order valence-electron chi connectivity index (χ1n) is 4.80. The lowest BCUT2D eigenvalue weighted by molar-refractivity contribution is 1.10. The Morgan fingerprint density at radius 3 is 2.08 bits per heavy atom. The maximum absolute atomic E-state index is 2.26. The minimum atomic E-state index is 1.15. The summed E-state index contributed by atoms with van der Waals surface area (Å²) in [5.41, 5.74) is 4.25. The van der Waals surface area contributed by atoms with Crippen molar-refractivity contribution in [1.29, 1.82) is 0 Å². The van der Waals surface area contributed by atoms with E-state index in [2.05, 4.69) is 39.0 Å². The van der Waals surface area contributed by atoms with Gasteiger partial charge in [-0.3, -0.25) is 0 Å². The van der Waals surface area contributed by atoms with Crippen LogP contribution in [0.2, 0.25) is 0 Å². The van der Waals surface area contributed by atoms with Crippen LogP contribution in [0.5, 0.6) is 0 Å². The van der Waals surface area contributed by atoms with Gasteiger partial charge in [0.05, 0.1) is 0 Å². The van der Waals surface area contributed by atoms with Gasteiger partial charge in [-0.15, -0.1) is 0 Å². The Morgan fingerprint density at radius 1 is 1.08 bits per heavy atom. The second-order valence-corrected chi connectivity index (χ2v) is 2.78. The van der Waals surface area contributed by atoms with Crippen LogP contribution in [0.25, 0.3) is 0 Å². The van der Waals surface area contributed by atoms with Gasteiger partial charge in [-0.1, -0.05) is 44.5 Å². The lowest BCUT2D eigenvalue weighted by Crippen LogP contribution is -1.86. The summed E-state index contributed by atoms with van der Waals surface area (Å²) in [6, 6.07) is 6.61. The molecule has 0 fully saturated rings. The van der Waals surface area contributed by atoms with Crippen molar-refractivity contribution in [3.8, 4) is 0 Å². The molecular weight excluding hydrogens is 144 g/mol. The summed E-state index contributed by atoms with van der Waals surface area (Å²) in [5.74, 6) is 0. The Bertz CT molecular complexity index is 223. The summed E-state index contributed by atoms with van der Waals surface area (Å²) in [5, 5.41) is 0. The summed E-state index contributed by atoms with van der Waals surface area (Å²) in [4.78, 5) is 0. The molecule has 0 aliphatic carbocycles. The minimum absolute atomic E-state index is 1.15. The first-order chi connectivity index (χ1) is 5.74. The Morgan fingerprint density at radius 2 is 1.67 bits per heavy atom. The zero-order valence-corrected chi connectivity index (χ0v) is 8.94. The smallest absolute Gasteiger partial charge is 0.0305 e. The van der Waals surface area contributed by atoms with Crippen molar-refractivity contribution in [2.45, 2.75) is 41.0 Å². The molecule has 0 amide bonds. The SMILES string of the molecule is CC.CCc1cc(C)ccc1C. The quantitative estimate of drug-likeness (QED) is 0.590. The normalized spacial score (nSPS) is 8.75. The molecule has 0 aliphatic heterocycles. The molecule has 0 bridgehead atoms. The first kappa shape index (κ1) is 11.2. The lowest BCUT2D eigenvalue weighted by Gasteiger charge is -2.02. The Balaban J connectivity index is 0.000000561. The average Bonchev–Trinajstić information content (AvgIpc) is 2.13. The second-order valence-electron chi connectivity index (χ2n) is 2.78. The third kappa shape index (κ3) is 3.08. The van der Waals surface area contributed by atoms with Crippen molar-refractivity contribution < 1.29 is 0 Å². The number of rotatable bonds is 1. The molecule has 0 spiro atoms. The van der Waals surface area contributed by atoms with E-state index in [0.717, 1.165) is 6.42 Å². The Labute approximate surface area is 76.6 Å². The topological polar surface area (TPSA) is 0 Å². The third-order valence-corrected chi connectivity index (χ3v) is 1.89. The molecule has 0 heterocycles. The average molecular weight is 164 g/mol. The fraction of sp³-hybridized carbons (Fsp3) is 0.500. The molecule has 0 unspecified atom stereocenters. The van der Waals surface area contributed by atoms with Crippen molar-refractivity contribution in [3.63, 3.8) is 0 Å². The van der Waals surface area contributed by atoms with E-state index in [4.69, 9.17) is 0 Å². The van der Waals surface area contributed by atoms with Crippen molar-refractivity contribution in [2.24, 2.45) is 0 Å². The molecule has 0 heteroatoms. The van der Waals surface area contributed by atoms with Crippen LogP contribution in [0.15, 0.2) is 18.2 Å². The van der Waals surface area contributed by atoms with Gasteiger partial charge in [-0.2, -0.15) is 0 Å². The van der Waals surface area contributed by atoms with Crippen LogP contribution in [-0.2, 0) is 6.42 Å². The number of hydrogen-bond donors (Lipinski definition) is 0. The highest BCUT2D eigenvalue weighted by Gasteiger charge is 1.93. The Kier molecular flexibility index (Phi) is 5.44. The molecule has 1 rings (SSSR count). The van der Waals surface area contributed by atoms with Crippen LogP contribution in [0.4, 0.5) is 0 Å². The van der Waals surface area contributed by atoms with Crippen LogP contribution in [0, 0.1) is 13.8 Å². The van der Waals surface area contributed by atoms with Crippen molar-refractivity contribution in [1.82, 2.24) is 0 Å². The molecule has 0 aromatic heterocycles. The zero-order valence-electron chi connectivity index (χ0n) is 8.94. The monoisotopic (exact) mass is 164 g/mol. The fourth-order valence-electron chi connectivity index (χ4n) is 1.18. The lowest BCUT2D eigenvalue weighted by atomic mass is 10.0. The van der Waals surface area contributed by atoms with Crippen LogP contribution in [0.1, 0.15) is 37.5 Å². The second kappa shape index (κ2) is 5.82. The van der Waals surface area contributed by atoms with Gasteiger partial charge < -0.3 is 0 Å². The fourth-order valence-corrected chi connectivity index (χ4v) is 1.18. The third-order valence-electron chi connectivity index (χ3n) is 1.89. The van der Waals surface area contributed by atoms with Crippen molar-refractivity contribution in [3.05, 3.63) is 34.9 Å². The van der Waals surface area contributed by atoms with Crippen LogP contribution in [-0.4, -0.2) is 0 Å². The van der Waals surface area contributed by atoms with Gasteiger partial charge >= 0.3 is 0 Å². The maximum Gasteiger partial charge on any atom is -0.0305 e. The molecule has 0 N–H and O–H groups in total. The summed E-state index contributed by atoms with van der Waals surface area (Å²) < 4.78 is 0. The predicted molar refractivity (Wildman–Crippen MR) is 56.6 cm³/mol. The Hall–Kier alpha value is -0.780. The maximum atomic E-state index is 2.26. The van der Waals surface area contributed by atoms with E-state index in [1.54, 1.807) is 0 Å². The first-order valence-corrected chi connectivity index (χ1v) is 4.80. The molecule has 0 nitrogen and oxygen atoms in total. The van der Waals surface area contributed by atoms with E-state index >= 15 is 0 Å². The molecular formula is C12H20. The number of aryl methyl sites for hydroxylation is 3. The van der Waals surface area contributed by atoms with Gasteiger partial charge in [-0.25, -0.2) is 0 Å². The number of benzene rings is 1. The predicted octanol–water partition coefficient (Wildman–Crippen LogP) is 3.89. The van der Waals surface area contributed by atoms with Crippen molar-refractivity contribution in [2.75, 3.05) is 0 Å².